The summed E-state index contributed by atoms with van der Waals surface area (Å²) in [5.41, 5.74) is 0.301. The first-order chi connectivity index (χ1) is 10.0. The van der Waals surface area contributed by atoms with Crippen LogP contribution in [-0.2, 0) is 0 Å². The van der Waals surface area contributed by atoms with Gasteiger partial charge in [0, 0.05) is 16.8 Å². The molecule has 6 nitrogen and oxygen atoms in total. The minimum Gasteiger partial charge on any atom is -0.502 e. The summed E-state index contributed by atoms with van der Waals surface area (Å²) in [5.74, 6) is -0.210. The van der Waals surface area contributed by atoms with Crippen LogP contribution in [0, 0.1) is 10.1 Å². The number of nitro benzene ring substituents is 1. The molecular weight excluding hydrogens is 296 g/mol. The third-order valence-electron chi connectivity index (χ3n) is 2.69. The monoisotopic (exact) mass is 306 g/mol. The van der Waals surface area contributed by atoms with Crippen LogP contribution in [0.15, 0.2) is 41.4 Å². The first kappa shape index (κ1) is 14.8. The summed E-state index contributed by atoms with van der Waals surface area (Å²) in [7, 11) is 1.38. The quantitative estimate of drug-likeness (QED) is 0.530. The molecule has 0 unspecified atom stereocenters. The molecule has 0 aromatic heterocycles. The summed E-state index contributed by atoms with van der Waals surface area (Å²) in [5, 5.41) is 21.3. The van der Waals surface area contributed by atoms with E-state index in [9.17, 15) is 15.2 Å². The highest BCUT2D eigenvalue weighted by Gasteiger charge is 2.18. The molecule has 0 spiro atoms. The Kier molecular flexibility index (Phi) is 4.39. The Bertz CT molecular complexity index is 716. The first-order valence-electron chi connectivity index (χ1n) is 5.86. The lowest BCUT2D eigenvalue weighted by Crippen LogP contribution is -1.94. The maximum atomic E-state index is 10.9. The van der Waals surface area contributed by atoms with Crippen LogP contribution in [0.5, 0.6) is 11.5 Å². The molecule has 2 aromatic rings. The van der Waals surface area contributed by atoms with E-state index in [2.05, 4.69) is 4.99 Å². The Hall–Kier alpha value is -2.60. The van der Waals surface area contributed by atoms with Gasteiger partial charge in [-0.05, 0) is 24.3 Å². The van der Waals surface area contributed by atoms with E-state index in [1.54, 1.807) is 24.3 Å². The third kappa shape index (κ3) is 3.49. The highest BCUT2D eigenvalue weighted by molar-refractivity contribution is 6.30. The van der Waals surface area contributed by atoms with Crippen LogP contribution in [0.4, 0.5) is 11.4 Å². The standard InChI is InChI=1S/C14H11ClN2O4/c1-21-12-5-9(14(18)13(7-12)17(19)20)8-16-11-4-2-3-10(15)6-11/h2-8,18H,1H3. The number of hydrogen-bond donors (Lipinski definition) is 1. The van der Waals surface area contributed by atoms with Crippen molar-refractivity contribution in [2.24, 2.45) is 4.99 Å². The number of aliphatic imine (C=N–C) groups is 1. The summed E-state index contributed by atoms with van der Waals surface area (Å²) >= 11 is 5.84. The molecular formula is C14H11ClN2O4. The smallest absolute Gasteiger partial charge is 0.315 e. The molecule has 0 aliphatic rings. The van der Waals surface area contributed by atoms with Gasteiger partial charge in [-0.2, -0.15) is 0 Å². The minimum absolute atomic E-state index is 0.182. The molecule has 0 amide bonds. The molecule has 1 N–H and O–H groups in total. The fourth-order valence-electron chi connectivity index (χ4n) is 1.67. The largest absolute Gasteiger partial charge is 0.502 e. The van der Waals surface area contributed by atoms with Gasteiger partial charge in [0.05, 0.1) is 23.8 Å². The number of benzene rings is 2. The van der Waals surface area contributed by atoms with Crippen LogP contribution in [0.1, 0.15) is 5.56 Å². The van der Waals surface area contributed by atoms with E-state index in [0.29, 0.717) is 10.7 Å². The van der Waals surface area contributed by atoms with Gasteiger partial charge in [0.2, 0.25) is 5.75 Å². The maximum absolute atomic E-state index is 10.9. The van der Waals surface area contributed by atoms with Crippen molar-refractivity contribution in [3.8, 4) is 11.5 Å². The van der Waals surface area contributed by atoms with Gasteiger partial charge in [0.25, 0.3) is 0 Å². The highest BCUT2D eigenvalue weighted by atomic mass is 35.5. The van der Waals surface area contributed by atoms with E-state index in [-0.39, 0.29) is 11.3 Å². The molecule has 0 atom stereocenters. The second kappa shape index (κ2) is 6.23. The van der Waals surface area contributed by atoms with E-state index in [1.807, 2.05) is 0 Å². The highest BCUT2D eigenvalue weighted by Crippen LogP contribution is 2.33. The Morgan fingerprint density at radius 2 is 2.14 bits per heavy atom. The lowest BCUT2D eigenvalue weighted by Gasteiger charge is -2.04. The van der Waals surface area contributed by atoms with Crippen LogP contribution in [0.2, 0.25) is 5.02 Å². The average Bonchev–Trinajstić information content (AvgIpc) is 2.46. The molecule has 0 bridgehead atoms. The van der Waals surface area contributed by atoms with E-state index in [1.165, 1.54) is 19.4 Å². The lowest BCUT2D eigenvalue weighted by molar-refractivity contribution is -0.385. The van der Waals surface area contributed by atoms with Crippen molar-refractivity contribution in [3.63, 3.8) is 0 Å². The summed E-state index contributed by atoms with van der Waals surface area (Å²) < 4.78 is 4.97. The first-order valence-corrected chi connectivity index (χ1v) is 6.24. The van der Waals surface area contributed by atoms with Gasteiger partial charge < -0.3 is 9.84 Å². The third-order valence-corrected chi connectivity index (χ3v) is 2.92. The fourth-order valence-corrected chi connectivity index (χ4v) is 1.85. The van der Waals surface area contributed by atoms with Gasteiger partial charge >= 0.3 is 5.69 Å². The molecule has 0 radical (unpaired) electrons. The van der Waals surface area contributed by atoms with Gasteiger partial charge in [-0.3, -0.25) is 15.1 Å². The lowest BCUT2D eigenvalue weighted by atomic mass is 10.1. The molecule has 2 rings (SSSR count). The van der Waals surface area contributed by atoms with Crippen molar-refractivity contribution in [1.29, 1.82) is 0 Å². The normalized spacial score (nSPS) is 10.8. The SMILES string of the molecule is COc1cc(C=Nc2cccc(Cl)c2)c(O)c([N+](=O)[O-])c1. The van der Waals surface area contributed by atoms with Gasteiger partial charge in [-0.15, -0.1) is 0 Å². The second-order valence-electron chi connectivity index (χ2n) is 4.08. The second-order valence-corrected chi connectivity index (χ2v) is 4.52. The van der Waals surface area contributed by atoms with Crippen molar-refractivity contribution in [1.82, 2.24) is 0 Å². The van der Waals surface area contributed by atoms with Crippen LogP contribution < -0.4 is 4.74 Å². The molecule has 0 saturated heterocycles. The number of methoxy groups -OCH3 is 1. The number of hydrogen-bond acceptors (Lipinski definition) is 5. The molecule has 0 fully saturated rings. The van der Waals surface area contributed by atoms with E-state index in [0.717, 1.165) is 6.07 Å². The van der Waals surface area contributed by atoms with Crippen molar-refractivity contribution < 1.29 is 14.8 Å². The van der Waals surface area contributed by atoms with Crippen molar-refractivity contribution in [2.75, 3.05) is 7.11 Å². The number of phenols is 1. The molecule has 2 aromatic carbocycles. The number of ether oxygens (including phenoxy) is 1. The Morgan fingerprint density at radius 3 is 2.76 bits per heavy atom. The molecule has 0 saturated carbocycles. The van der Waals surface area contributed by atoms with Gasteiger partial charge in [-0.25, -0.2) is 0 Å². The predicted octanol–water partition coefficient (Wildman–Crippen LogP) is 3.71. The zero-order valence-corrected chi connectivity index (χ0v) is 11.7. The van der Waals surface area contributed by atoms with Gasteiger partial charge in [0.15, 0.2) is 0 Å². The number of nitrogens with zero attached hydrogens (tertiary/aromatic N) is 2. The van der Waals surface area contributed by atoms with E-state index >= 15 is 0 Å². The summed E-state index contributed by atoms with van der Waals surface area (Å²) in [6, 6.07) is 9.37. The van der Waals surface area contributed by atoms with E-state index < -0.39 is 16.4 Å². The fraction of sp³-hybridized carbons (Fsp3) is 0.0714. The van der Waals surface area contributed by atoms with Gasteiger partial charge in [0.1, 0.15) is 5.75 Å². The summed E-state index contributed by atoms with van der Waals surface area (Å²) in [4.78, 5) is 14.3. The summed E-state index contributed by atoms with van der Waals surface area (Å²) in [6.07, 6.45) is 1.32. The zero-order chi connectivity index (χ0) is 15.4. The number of phenolic OH excluding ortho intramolecular Hbond substituents is 1. The predicted molar refractivity (Wildman–Crippen MR) is 80.0 cm³/mol. The van der Waals surface area contributed by atoms with Crippen LogP contribution >= 0.6 is 11.6 Å². The van der Waals surface area contributed by atoms with Crippen molar-refractivity contribution in [3.05, 3.63) is 57.1 Å². The number of halogens is 1. The molecule has 21 heavy (non-hydrogen) atoms. The van der Waals surface area contributed by atoms with Crippen LogP contribution in [0.3, 0.4) is 0 Å². The average molecular weight is 307 g/mol. The molecule has 0 aliphatic carbocycles. The van der Waals surface area contributed by atoms with Crippen molar-refractivity contribution >= 4 is 29.2 Å². The maximum Gasteiger partial charge on any atom is 0.315 e. The molecule has 7 heteroatoms. The topological polar surface area (TPSA) is 85.0 Å². The number of nitro groups is 1. The summed E-state index contributed by atoms with van der Waals surface area (Å²) in [6.45, 7) is 0. The van der Waals surface area contributed by atoms with Crippen LogP contribution in [0.25, 0.3) is 0 Å². The van der Waals surface area contributed by atoms with E-state index in [4.69, 9.17) is 16.3 Å². The molecule has 0 heterocycles. The number of rotatable bonds is 4. The van der Waals surface area contributed by atoms with Crippen LogP contribution in [-0.4, -0.2) is 23.4 Å². The Balaban J connectivity index is 2.43. The molecule has 108 valence electrons. The molecule has 0 aliphatic heterocycles. The Morgan fingerprint density at radius 1 is 1.38 bits per heavy atom. The minimum atomic E-state index is -0.686. The van der Waals surface area contributed by atoms with Crippen molar-refractivity contribution in [2.45, 2.75) is 0 Å². The van der Waals surface area contributed by atoms with Gasteiger partial charge in [-0.1, -0.05) is 17.7 Å². The Labute approximate surface area is 125 Å². The zero-order valence-electron chi connectivity index (χ0n) is 11.0. The number of aromatic hydroxyl groups is 1.